The van der Waals surface area contributed by atoms with Gasteiger partial charge in [-0.2, -0.15) is 15.0 Å². The van der Waals surface area contributed by atoms with Gasteiger partial charge in [0.25, 0.3) is 0 Å². The lowest BCUT2D eigenvalue weighted by Gasteiger charge is -2.12. The third kappa shape index (κ3) is 3.72. The van der Waals surface area contributed by atoms with Gasteiger partial charge in [0, 0.05) is 27.7 Å². The van der Waals surface area contributed by atoms with Crippen LogP contribution in [0.1, 0.15) is 13.3 Å². The van der Waals surface area contributed by atoms with Crippen LogP contribution in [0.15, 0.2) is 15.1 Å². The Labute approximate surface area is 126 Å². The topological polar surface area (TPSA) is 105 Å². The Morgan fingerprint density at radius 1 is 1.33 bits per heavy atom. The fourth-order valence-electron chi connectivity index (χ4n) is 1.41. The Bertz CT molecular complexity index is 664. The van der Waals surface area contributed by atoms with Gasteiger partial charge in [0.15, 0.2) is 5.16 Å². The van der Waals surface area contributed by atoms with Crippen molar-refractivity contribution < 1.29 is 0 Å². The van der Waals surface area contributed by atoms with Gasteiger partial charge < -0.3 is 10.2 Å². The quantitative estimate of drug-likeness (QED) is 0.786. The number of hydrogen-bond donors (Lipinski definition) is 2. The van der Waals surface area contributed by atoms with Crippen molar-refractivity contribution in [2.24, 2.45) is 7.05 Å². The Balaban J connectivity index is 2.31. The fraction of sp³-hybridized carbons (Fsp3) is 0.545. The molecule has 10 heteroatoms. The van der Waals surface area contributed by atoms with E-state index in [0.29, 0.717) is 22.2 Å². The molecule has 0 aliphatic rings. The summed E-state index contributed by atoms with van der Waals surface area (Å²) in [5.74, 6) is 1.06. The van der Waals surface area contributed by atoms with E-state index >= 15 is 0 Å². The maximum absolute atomic E-state index is 11.4. The standard InChI is InChI=1S/C11H18N8OS/c1-5-6-12-7-13-8(18(2)3)15-9(14-7)21-11-17-16-10(20)19(11)4/h5-6H2,1-4H3,(H,16,20)(H,12,13,14,15). The highest BCUT2D eigenvalue weighted by atomic mass is 32.2. The van der Waals surface area contributed by atoms with E-state index in [1.807, 2.05) is 14.1 Å². The number of aromatic nitrogens is 6. The van der Waals surface area contributed by atoms with Gasteiger partial charge in [-0.15, -0.1) is 5.10 Å². The van der Waals surface area contributed by atoms with Gasteiger partial charge in [-0.25, -0.2) is 9.89 Å². The van der Waals surface area contributed by atoms with Crippen molar-refractivity contribution in [3.63, 3.8) is 0 Å². The Kier molecular flexibility index (Phi) is 4.78. The van der Waals surface area contributed by atoms with Gasteiger partial charge >= 0.3 is 5.69 Å². The van der Waals surface area contributed by atoms with Crippen molar-refractivity contribution in [3.8, 4) is 0 Å². The Morgan fingerprint density at radius 3 is 2.67 bits per heavy atom. The summed E-state index contributed by atoms with van der Waals surface area (Å²) in [6.45, 7) is 2.85. The minimum atomic E-state index is -0.274. The molecule has 0 unspecified atom stereocenters. The van der Waals surface area contributed by atoms with E-state index in [0.717, 1.165) is 13.0 Å². The highest BCUT2D eigenvalue weighted by molar-refractivity contribution is 7.99. The second-order valence-corrected chi connectivity index (χ2v) is 5.47. The molecule has 2 aromatic heterocycles. The molecule has 0 radical (unpaired) electrons. The molecule has 0 saturated carbocycles. The molecule has 9 nitrogen and oxygen atoms in total. The molecule has 0 fully saturated rings. The van der Waals surface area contributed by atoms with E-state index in [9.17, 15) is 4.79 Å². The van der Waals surface area contributed by atoms with E-state index in [2.05, 4.69) is 37.4 Å². The van der Waals surface area contributed by atoms with Gasteiger partial charge in [-0.1, -0.05) is 6.92 Å². The molecule has 114 valence electrons. The predicted octanol–water partition coefficient (Wildman–Crippen LogP) is 0.332. The first-order chi connectivity index (χ1) is 10.0. The maximum atomic E-state index is 11.4. The summed E-state index contributed by atoms with van der Waals surface area (Å²) in [6.07, 6.45) is 0.972. The van der Waals surface area contributed by atoms with Crippen molar-refractivity contribution in [1.29, 1.82) is 0 Å². The largest absolute Gasteiger partial charge is 0.354 e. The first-order valence-corrected chi connectivity index (χ1v) is 7.29. The molecule has 2 N–H and O–H groups in total. The molecule has 2 aromatic rings. The molecular formula is C11H18N8OS. The van der Waals surface area contributed by atoms with Crippen LogP contribution in [0.2, 0.25) is 0 Å². The van der Waals surface area contributed by atoms with Gasteiger partial charge in [0.05, 0.1) is 0 Å². The zero-order valence-electron chi connectivity index (χ0n) is 12.4. The number of rotatable bonds is 6. The van der Waals surface area contributed by atoms with Crippen LogP contribution < -0.4 is 15.9 Å². The average Bonchev–Trinajstić information content (AvgIpc) is 2.77. The second kappa shape index (κ2) is 6.57. The summed E-state index contributed by atoms with van der Waals surface area (Å²) in [5.41, 5.74) is -0.274. The van der Waals surface area contributed by atoms with Crippen LogP contribution >= 0.6 is 11.8 Å². The van der Waals surface area contributed by atoms with Gasteiger partial charge in [-0.3, -0.25) is 4.57 Å². The van der Waals surface area contributed by atoms with Crippen molar-refractivity contribution >= 4 is 23.7 Å². The van der Waals surface area contributed by atoms with E-state index < -0.39 is 0 Å². The molecule has 0 amide bonds. The summed E-state index contributed by atoms with van der Waals surface area (Å²) in [7, 11) is 5.35. The summed E-state index contributed by atoms with van der Waals surface area (Å²) < 4.78 is 1.41. The van der Waals surface area contributed by atoms with E-state index in [4.69, 9.17) is 0 Å². The zero-order chi connectivity index (χ0) is 15.4. The molecule has 2 rings (SSSR count). The number of H-pyrrole nitrogens is 1. The summed E-state index contributed by atoms with van der Waals surface area (Å²) >= 11 is 1.21. The molecule has 0 bridgehead atoms. The molecule has 0 spiro atoms. The third-order valence-corrected chi connectivity index (χ3v) is 3.47. The van der Waals surface area contributed by atoms with Crippen LogP contribution in [0.25, 0.3) is 0 Å². The molecule has 2 heterocycles. The average molecular weight is 310 g/mol. The number of nitrogens with zero attached hydrogens (tertiary/aromatic N) is 6. The van der Waals surface area contributed by atoms with Crippen LogP contribution in [0, 0.1) is 0 Å². The number of anilines is 2. The number of aromatic amines is 1. The Hall–Kier alpha value is -2.10. The molecule has 0 saturated heterocycles. The minimum Gasteiger partial charge on any atom is -0.354 e. The minimum absolute atomic E-state index is 0.274. The highest BCUT2D eigenvalue weighted by Crippen LogP contribution is 2.23. The second-order valence-electron chi connectivity index (χ2n) is 4.54. The molecule has 0 aliphatic carbocycles. The zero-order valence-corrected chi connectivity index (χ0v) is 13.2. The lowest BCUT2D eigenvalue weighted by molar-refractivity contribution is 0.760. The smallest absolute Gasteiger partial charge is 0.343 e. The number of hydrogen-bond acceptors (Lipinski definition) is 8. The third-order valence-electron chi connectivity index (χ3n) is 2.56. The SMILES string of the molecule is CCCNc1nc(Sc2n[nH]c(=O)n2C)nc(N(C)C)n1. The normalized spacial score (nSPS) is 10.7. The van der Waals surface area contributed by atoms with Crippen LogP contribution in [-0.4, -0.2) is 50.4 Å². The van der Waals surface area contributed by atoms with E-state index in [1.165, 1.54) is 16.3 Å². The Morgan fingerprint density at radius 2 is 2.10 bits per heavy atom. The lowest BCUT2D eigenvalue weighted by atomic mass is 10.5. The van der Waals surface area contributed by atoms with Crippen molar-refractivity contribution in [2.45, 2.75) is 23.7 Å². The maximum Gasteiger partial charge on any atom is 0.343 e. The predicted molar refractivity (Wildman–Crippen MR) is 80.9 cm³/mol. The summed E-state index contributed by atoms with van der Waals surface area (Å²) in [6, 6.07) is 0. The molecule has 0 atom stereocenters. The van der Waals surface area contributed by atoms with Crippen LogP contribution in [-0.2, 0) is 7.05 Å². The van der Waals surface area contributed by atoms with Crippen molar-refractivity contribution in [2.75, 3.05) is 30.9 Å². The molecule has 21 heavy (non-hydrogen) atoms. The molecular weight excluding hydrogens is 292 g/mol. The fourth-order valence-corrected chi connectivity index (χ4v) is 2.15. The van der Waals surface area contributed by atoms with Gasteiger partial charge in [0.2, 0.25) is 17.1 Å². The summed E-state index contributed by atoms with van der Waals surface area (Å²) in [5, 5.41) is 10.4. The highest BCUT2D eigenvalue weighted by Gasteiger charge is 2.13. The lowest BCUT2D eigenvalue weighted by Crippen LogP contribution is -2.16. The van der Waals surface area contributed by atoms with Crippen molar-refractivity contribution in [1.82, 2.24) is 29.7 Å². The van der Waals surface area contributed by atoms with Crippen LogP contribution in [0.5, 0.6) is 0 Å². The first kappa shape index (κ1) is 15.3. The van der Waals surface area contributed by atoms with Crippen molar-refractivity contribution in [3.05, 3.63) is 10.5 Å². The van der Waals surface area contributed by atoms with E-state index in [1.54, 1.807) is 11.9 Å². The van der Waals surface area contributed by atoms with E-state index in [-0.39, 0.29) is 5.69 Å². The van der Waals surface area contributed by atoms with Crippen LogP contribution in [0.3, 0.4) is 0 Å². The van der Waals surface area contributed by atoms with Gasteiger partial charge in [-0.05, 0) is 18.2 Å². The molecule has 0 aliphatic heterocycles. The van der Waals surface area contributed by atoms with Gasteiger partial charge in [0.1, 0.15) is 0 Å². The summed E-state index contributed by atoms with van der Waals surface area (Å²) in [4.78, 5) is 26.2. The number of nitrogens with one attached hydrogen (secondary N) is 2. The monoisotopic (exact) mass is 310 g/mol. The molecule has 0 aromatic carbocycles. The van der Waals surface area contributed by atoms with Crippen LogP contribution in [0.4, 0.5) is 11.9 Å². The first-order valence-electron chi connectivity index (χ1n) is 6.47.